The molecule has 0 amide bonds. The molecule has 0 rings (SSSR count). The lowest BCUT2D eigenvalue weighted by Crippen LogP contribution is -2.10. The lowest BCUT2D eigenvalue weighted by molar-refractivity contribution is -0.140. The minimum Gasteiger partial charge on any atom is -0.462 e. The molecule has 0 aliphatic heterocycles. The molecule has 0 saturated carbocycles. The molecule has 80 valence electrons. The monoisotopic (exact) mass is 328 g/mol. The standard InChI is InChI=1S/C8H10Br2O4/c1-3-13-7(11)5(9)6(10)8(12)14-4-2/h3-4H2,1-2H3. The third kappa shape index (κ3) is 4.23. The van der Waals surface area contributed by atoms with Crippen LogP contribution in [0.5, 0.6) is 0 Å². The Bertz CT molecular complexity index is 234. The smallest absolute Gasteiger partial charge is 0.346 e. The van der Waals surface area contributed by atoms with Crippen molar-refractivity contribution in [3.8, 4) is 0 Å². The normalized spacial score (nSPS) is 11.7. The molecular weight excluding hydrogens is 320 g/mol. The van der Waals surface area contributed by atoms with Crippen LogP contribution in [-0.4, -0.2) is 25.2 Å². The highest BCUT2D eigenvalue weighted by molar-refractivity contribution is 9.14. The van der Waals surface area contributed by atoms with E-state index in [0.29, 0.717) is 0 Å². The van der Waals surface area contributed by atoms with E-state index in [1.165, 1.54) is 0 Å². The molecule has 0 fully saturated rings. The van der Waals surface area contributed by atoms with Gasteiger partial charge in [0.2, 0.25) is 0 Å². The number of esters is 2. The highest BCUT2D eigenvalue weighted by Gasteiger charge is 2.18. The van der Waals surface area contributed by atoms with Gasteiger partial charge in [0, 0.05) is 0 Å². The van der Waals surface area contributed by atoms with Crippen LogP contribution >= 0.6 is 31.9 Å². The first-order chi connectivity index (χ1) is 6.54. The maximum atomic E-state index is 11.1. The summed E-state index contributed by atoms with van der Waals surface area (Å²) >= 11 is 5.88. The number of ether oxygens (including phenoxy) is 2. The molecule has 0 aliphatic rings. The topological polar surface area (TPSA) is 52.6 Å². The van der Waals surface area contributed by atoms with Crippen LogP contribution in [0.2, 0.25) is 0 Å². The molecular formula is C8H10Br2O4. The van der Waals surface area contributed by atoms with E-state index in [2.05, 4.69) is 41.3 Å². The Labute approximate surface area is 98.9 Å². The van der Waals surface area contributed by atoms with E-state index >= 15 is 0 Å². The van der Waals surface area contributed by atoms with Gasteiger partial charge in [0.15, 0.2) is 0 Å². The van der Waals surface area contributed by atoms with Crippen LogP contribution in [-0.2, 0) is 19.1 Å². The summed E-state index contributed by atoms with van der Waals surface area (Å²) in [4.78, 5) is 22.3. The van der Waals surface area contributed by atoms with Gasteiger partial charge in [-0.15, -0.1) is 0 Å². The van der Waals surface area contributed by atoms with Crippen LogP contribution in [0.1, 0.15) is 13.8 Å². The summed E-state index contributed by atoms with van der Waals surface area (Å²) in [5, 5.41) is 0. The largest absolute Gasteiger partial charge is 0.462 e. The molecule has 0 N–H and O–H groups in total. The quantitative estimate of drug-likeness (QED) is 0.585. The van der Waals surface area contributed by atoms with Crippen molar-refractivity contribution in [1.29, 1.82) is 0 Å². The number of rotatable bonds is 4. The fourth-order valence-electron chi connectivity index (χ4n) is 0.568. The van der Waals surface area contributed by atoms with Crippen molar-refractivity contribution in [3.05, 3.63) is 8.96 Å². The van der Waals surface area contributed by atoms with Crippen LogP contribution in [0.4, 0.5) is 0 Å². The average molecular weight is 330 g/mol. The fraction of sp³-hybridized carbons (Fsp3) is 0.500. The number of halogens is 2. The Balaban J connectivity index is 4.57. The Morgan fingerprint density at radius 2 is 1.21 bits per heavy atom. The lowest BCUT2D eigenvalue weighted by atomic mass is 10.5. The highest BCUT2D eigenvalue weighted by atomic mass is 79.9. The summed E-state index contributed by atoms with van der Waals surface area (Å²) in [5.74, 6) is -1.21. The molecule has 0 saturated heterocycles. The first-order valence-corrected chi connectivity index (χ1v) is 5.52. The summed E-state index contributed by atoms with van der Waals surface area (Å²) in [6, 6.07) is 0. The second-order valence-corrected chi connectivity index (χ2v) is 3.65. The van der Waals surface area contributed by atoms with Crippen molar-refractivity contribution >= 4 is 43.8 Å². The molecule has 4 nitrogen and oxygen atoms in total. The Hall–Kier alpha value is -0.360. The van der Waals surface area contributed by atoms with Crippen molar-refractivity contribution in [1.82, 2.24) is 0 Å². The predicted octanol–water partition coefficient (Wildman–Crippen LogP) is 2.11. The van der Waals surface area contributed by atoms with E-state index in [1.54, 1.807) is 13.8 Å². The molecule has 14 heavy (non-hydrogen) atoms. The molecule has 0 aliphatic carbocycles. The highest BCUT2D eigenvalue weighted by Crippen LogP contribution is 2.20. The van der Waals surface area contributed by atoms with Crippen LogP contribution < -0.4 is 0 Å². The second kappa shape index (κ2) is 7.00. The zero-order chi connectivity index (χ0) is 11.1. The van der Waals surface area contributed by atoms with E-state index in [0.717, 1.165) is 0 Å². The van der Waals surface area contributed by atoms with Crippen LogP contribution in [0.3, 0.4) is 0 Å². The van der Waals surface area contributed by atoms with Crippen molar-refractivity contribution in [3.63, 3.8) is 0 Å². The van der Waals surface area contributed by atoms with Gasteiger partial charge in [0.05, 0.1) is 13.2 Å². The van der Waals surface area contributed by atoms with Gasteiger partial charge in [-0.1, -0.05) is 0 Å². The van der Waals surface area contributed by atoms with Gasteiger partial charge in [-0.2, -0.15) is 0 Å². The SMILES string of the molecule is CCOC(=O)C(Br)=C(Br)C(=O)OCC. The predicted molar refractivity (Wildman–Crippen MR) is 58.1 cm³/mol. The third-order valence-corrected chi connectivity index (χ3v) is 3.07. The molecule has 0 spiro atoms. The van der Waals surface area contributed by atoms with Gasteiger partial charge >= 0.3 is 11.9 Å². The summed E-state index contributed by atoms with van der Waals surface area (Å²) < 4.78 is 9.39. The maximum absolute atomic E-state index is 11.1. The first kappa shape index (κ1) is 13.6. The number of carbonyl (C=O) groups is 2. The number of carbonyl (C=O) groups excluding carboxylic acids is 2. The van der Waals surface area contributed by atoms with Gasteiger partial charge in [0.1, 0.15) is 8.96 Å². The van der Waals surface area contributed by atoms with Crippen molar-refractivity contribution < 1.29 is 19.1 Å². The molecule has 0 aromatic heterocycles. The minimum atomic E-state index is -0.604. The molecule has 0 aromatic carbocycles. The van der Waals surface area contributed by atoms with Crippen molar-refractivity contribution in [2.24, 2.45) is 0 Å². The summed E-state index contributed by atoms with van der Waals surface area (Å²) in [6.07, 6.45) is 0. The van der Waals surface area contributed by atoms with E-state index < -0.39 is 11.9 Å². The molecule has 6 heteroatoms. The van der Waals surface area contributed by atoms with Gasteiger partial charge in [-0.3, -0.25) is 0 Å². The number of hydrogen-bond acceptors (Lipinski definition) is 4. The molecule has 0 radical (unpaired) electrons. The Morgan fingerprint density at radius 1 is 0.929 bits per heavy atom. The maximum Gasteiger partial charge on any atom is 0.346 e. The minimum absolute atomic E-state index is 0.0257. The fourth-order valence-corrected chi connectivity index (χ4v) is 1.12. The van der Waals surface area contributed by atoms with Gasteiger partial charge in [-0.05, 0) is 45.7 Å². The van der Waals surface area contributed by atoms with Crippen molar-refractivity contribution in [2.45, 2.75) is 13.8 Å². The lowest BCUT2D eigenvalue weighted by Gasteiger charge is -2.03. The van der Waals surface area contributed by atoms with Gasteiger partial charge < -0.3 is 9.47 Å². The van der Waals surface area contributed by atoms with Gasteiger partial charge in [0.25, 0.3) is 0 Å². The average Bonchev–Trinajstić information content (AvgIpc) is 2.16. The van der Waals surface area contributed by atoms with Gasteiger partial charge in [-0.25, -0.2) is 9.59 Å². The second-order valence-electron chi connectivity index (χ2n) is 2.07. The summed E-state index contributed by atoms with van der Waals surface area (Å²) in [5.41, 5.74) is 0. The van der Waals surface area contributed by atoms with Crippen LogP contribution in [0, 0.1) is 0 Å². The molecule has 0 aromatic rings. The first-order valence-electron chi connectivity index (χ1n) is 3.94. The summed E-state index contributed by atoms with van der Waals surface area (Å²) in [6.45, 7) is 3.85. The third-order valence-electron chi connectivity index (χ3n) is 1.10. The zero-order valence-electron chi connectivity index (χ0n) is 7.80. The number of hydrogen-bond donors (Lipinski definition) is 0. The Morgan fingerprint density at radius 3 is 1.43 bits per heavy atom. The summed E-state index contributed by atoms with van der Waals surface area (Å²) in [7, 11) is 0. The molecule has 0 bridgehead atoms. The molecule has 0 unspecified atom stereocenters. The van der Waals surface area contributed by atoms with Crippen molar-refractivity contribution in [2.75, 3.05) is 13.2 Å². The van der Waals surface area contributed by atoms with Crippen LogP contribution in [0.25, 0.3) is 0 Å². The van der Waals surface area contributed by atoms with E-state index in [1.807, 2.05) is 0 Å². The zero-order valence-corrected chi connectivity index (χ0v) is 11.0. The Kier molecular flexibility index (Phi) is 6.82. The molecule has 0 heterocycles. The van der Waals surface area contributed by atoms with Crippen LogP contribution in [0.15, 0.2) is 8.96 Å². The van der Waals surface area contributed by atoms with E-state index in [4.69, 9.17) is 0 Å². The van der Waals surface area contributed by atoms with E-state index in [9.17, 15) is 9.59 Å². The molecule has 0 atom stereocenters. The van der Waals surface area contributed by atoms with E-state index in [-0.39, 0.29) is 22.2 Å².